The molecule has 2 aliphatic carbocycles. The fourth-order valence-electron chi connectivity index (χ4n) is 4.14. The third-order valence-electron chi connectivity index (χ3n) is 5.80. The smallest absolute Gasteiger partial charge is 0.320 e. The number of aryl methyl sites for hydroxylation is 1. The van der Waals surface area contributed by atoms with Gasteiger partial charge < -0.3 is 10.4 Å². The second-order valence-electron chi connectivity index (χ2n) is 7.81. The van der Waals surface area contributed by atoms with Crippen molar-refractivity contribution in [2.24, 2.45) is 0 Å². The molecule has 150 valence electrons. The van der Waals surface area contributed by atoms with Gasteiger partial charge in [-0.3, -0.25) is 19.7 Å². The first-order valence-electron chi connectivity index (χ1n) is 10.1. The van der Waals surface area contributed by atoms with Crippen LogP contribution in [0, 0.1) is 6.92 Å². The topological polar surface area (TPSA) is 99.5 Å². The van der Waals surface area contributed by atoms with Gasteiger partial charge in [0.15, 0.2) is 5.82 Å². The minimum absolute atomic E-state index is 0.0535. The Bertz CT molecular complexity index is 662. The molecule has 1 heterocycles. The van der Waals surface area contributed by atoms with E-state index in [4.69, 9.17) is 5.11 Å². The van der Waals surface area contributed by atoms with Crippen molar-refractivity contribution in [2.75, 3.05) is 18.4 Å². The predicted molar refractivity (Wildman–Crippen MR) is 103 cm³/mol. The molecule has 8 heteroatoms. The Kier molecular flexibility index (Phi) is 6.36. The highest BCUT2D eigenvalue weighted by Crippen LogP contribution is 2.29. The van der Waals surface area contributed by atoms with Crippen LogP contribution >= 0.6 is 0 Å². The Labute approximate surface area is 160 Å². The molecule has 27 heavy (non-hydrogen) atoms. The zero-order valence-electron chi connectivity index (χ0n) is 16.3. The van der Waals surface area contributed by atoms with Crippen LogP contribution in [-0.2, 0) is 4.79 Å². The van der Waals surface area contributed by atoms with E-state index in [9.17, 15) is 9.59 Å². The van der Waals surface area contributed by atoms with Crippen LogP contribution in [0.4, 0.5) is 10.6 Å². The van der Waals surface area contributed by atoms with E-state index in [2.05, 4.69) is 15.7 Å². The number of nitrogens with zero attached hydrogens (tertiary/aromatic N) is 3. The molecule has 0 bridgehead atoms. The van der Waals surface area contributed by atoms with Gasteiger partial charge in [-0.05, 0) is 39.2 Å². The normalized spacial score (nSPS) is 23.1. The van der Waals surface area contributed by atoms with Crippen LogP contribution < -0.4 is 10.6 Å². The number of aliphatic carboxylic acids is 1. The first kappa shape index (κ1) is 19.7. The van der Waals surface area contributed by atoms with Crippen molar-refractivity contribution in [3.8, 4) is 0 Å². The summed E-state index contributed by atoms with van der Waals surface area (Å²) < 4.78 is 2.01. The van der Waals surface area contributed by atoms with E-state index in [1.54, 1.807) is 0 Å². The molecule has 1 aromatic heterocycles. The number of aromatic nitrogens is 2. The van der Waals surface area contributed by atoms with Gasteiger partial charge in [-0.2, -0.15) is 5.10 Å². The lowest BCUT2D eigenvalue weighted by molar-refractivity contribution is -0.139. The van der Waals surface area contributed by atoms with Crippen molar-refractivity contribution >= 4 is 17.8 Å². The van der Waals surface area contributed by atoms with E-state index < -0.39 is 5.97 Å². The number of urea groups is 1. The van der Waals surface area contributed by atoms with Gasteiger partial charge in [0, 0.05) is 23.8 Å². The van der Waals surface area contributed by atoms with E-state index >= 15 is 0 Å². The number of rotatable bonds is 7. The number of anilines is 1. The molecule has 0 radical (unpaired) electrons. The number of nitrogens with one attached hydrogen (secondary N) is 2. The number of carboxylic acids is 1. The van der Waals surface area contributed by atoms with Crippen LogP contribution in [0.15, 0.2) is 6.20 Å². The lowest BCUT2D eigenvalue weighted by Gasteiger charge is -2.42. The fourth-order valence-corrected chi connectivity index (χ4v) is 4.14. The lowest BCUT2D eigenvalue weighted by atomic mass is 9.85. The van der Waals surface area contributed by atoms with Crippen molar-refractivity contribution in [1.29, 1.82) is 0 Å². The summed E-state index contributed by atoms with van der Waals surface area (Å²) in [7, 11) is 0. The number of amides is 2. The highest BCUT2D eigenvalue weighted by Gasteiger charge is 2.34. The van der Waals surface area contributed by atoms with Crippen LogP contribution in [0.5, 0.6) is 0 Å². The largest absolute Gasteiger partial charge is 0.480 e. The van der Waals surface area contributed by atoms with Gasteiger partial charge in [-0.15, -0.1) is 0 Å². The minimum Gasteiger partial charge on any atom is -0.480 e. The molecule has 2 fully saturated rings. The molecule has 3 N–H and O–H groups in total. The summed E-state index contributed by atoms with van der Waals surface area (Å²) >= 11 is 0. The van der Waals surface area contributed by atoms with E-state index in [1.165, 1.54) is 19.3 Å². The lowest BCUT2D eigenvalue weighted by Crippen LogP contribution is -2.55. The molecule has 2 saturated carbocycles. The van der Waals surface area contributed by atoms with Crippen LogP contribution in [0.3, 0.4) is 0 Å². The zero-order chi connectivity index (χ0) is 19.4. The molecule has 2 aliphatic rings. The van der Waals surface area contributed by atoms with Crippen LogP contribution in [0.25, 0.3) is 0 Å². The van der Waals surface area contributed by atoms with Gasteiger partial charge in [0.1, 0.15) is 0 Å². The third-order valence-corrected chi connectivity index (χ3v) is 5.80. The minimum atomic E-state index is -0.810. The molecular formula is C19H31N5O3. The van der Waals surface area contributed by atoms with Crippen LogP contribution in [-0.4, -0.2) is 57.0 Å². The standard InChI is InChI=1S/C19H31N5O3/c1-3-23(12-17(25)26)16-9-14(10-16)20-19(27)21-18-13(2)11-24(22-18)15-7-5-4-6-8-15/h11,14-16H,3-10,12H2,1-2H3,(H,25,26)(H2,20,21,22,27). The number of carbonyl (C=O) groups is 2. The third kappa shape index (κ3) is 5.00. The summed E-state index contributed by atoms with van der Waals surface area (Å²) in [4.78, 5) is 25.1. The number of carbonyl (C=O) groups excluding carboxylic acids is 1. The number of carboxylic acid groups (broad SMARTS) is 1. The molecule has 2 amide bonds. The van der Waals surface area contributed by atoms with Crippen LogP contribution in [0.2, 0.25) is 0 Å². The highest BCUT2D eigenvalue weighted by molar-refractivity contribution is 5.89. The predicted octanol–water partition coefficient (Wildman–Crippen LogP) is 2.76. The second-order valence-corrected chi connectivity index (χ2v) is 7.81. The van der Waals surface area contributed by atoms with Gasteiger partial charge in [-0.25, -0.2) is 4.79 Å². The van der Waals surface area contributed by atoms with Gasteiger partial charge in [0.2, 0.25) is 0 Å². The Morgan fingerprint density at radius 2 is 2.00 bits per heavy atom. The van der Waals surface area contributed by atoms with Crippen molar-refractivity contribution in [1.82, 2.24) is 20.0 Å². The van der Waals surface area contributed by atoms with Crippen LogP contribution in [0.1, 0.15) is 63.5 Å². The summed E-state index contributed by atoms with van der Waals surface area (Å²) in [6.07, 6.45) is 9.68. The van der Waals surface area contributed by atoms with Crippen molar-refractivity contribution < 1.29 is 14.7 Å². The maximum atomic E-state index is 12.3. The Morgan fingerprint density at radius 3 is 2.63 bits per heavy atom. The van der Waals surface area contributed by atoms with Gasteiger partial charge >= 0.3 is 12.0 Å². The summed E-state index contributed by atoms with van der Waals surface area (Å²) in [6.45, 7) is 4.68. The highest BCUT2D eigenvalue weighted by atomic mass is 16.4. The maximum absolute atomic E-state index is 12.3. The number of hydrogen-bond donors (Lipinski definition) is 3. The van der Waals surface area contributed by atoms with Crippen molar-refractivity contribution in [3.05, 3.63) is 11.8 Å². The van der Waals surface area contributed by atoms with Gasteiger partial charge in [0.05, 0.1) is 12.6 Å². The first-order chi connectivity index (χ1) is 13.0. The molecule has 0 aliphatic heterocycles. The zero-order valence-corrected chi connectivity index (χ0v) is 16.3. The summed E-state index contributed by atoms with van der Waals surface area (Å²) in [5, 5.41) is 19.4. The molecule has 0 unspecified atom stereocenters. The molecule has 0 saturated heterocycles. The number of likely N-dealkylation sites (N-methyl/N-ethyl adjacent to an activating group) is 1. The van der Waals surface area contributed by atoms with E-state index in [1.807, 2.05) is 29.6 Å². The van der Waals surface area contributed by atoms with E-state index in [0.29, 0.717) is 18.4 Å². The van der Waals surface area contributed by atoms with Crippen molar-refractivity contribution in [3.63, 3.8) is 0 Å². The summed E-state index contributed by atoms with van der Waals surface area (Å²) in [6, 6.07) is 0.511. The average Bonchev–Trinajstić information content (AvgIpc) is 2.97. The van der Waals surface area contributed by atoms with E-state index in [-0.39, 0.29) is 24.7 Å². The van der Waals surface area contributed by atoms with E-state index in [0.717, 1.165) is 31.2 Å². The fraction of sp³-hybridized carbons (Fsp3) is 0.737. The Morgan fingerprint density at radius 1 is 1.30 bits per heavy atom. The average molecular weight is 377 g/mol. The Hall–Kier alpha value is -2.09. The summed E-state index contributed by atoms with van der Waals surface area (Å²) in [5.41, 5.74) is 0.973. The Balaban J connectivity index is 1.46. The maximum Gasteiger partial charge on any atom is 0.320 e. The molecule has 0 atom stereocenters. The molecular weight excluding hydrogens is 346 g/mol. The SMILES string of the molecule is CCN(CC(=O)O)C1CC(NC(=O)Nc2nn(C3CCCCC3)cc2C)C1. The second kappa shape index (κ2) is 8.73. The molecule has 1 aromatic rings. The van der Waals surface area contributed by atoms with Gasteiger partial charge in [-0.1, -0.05) is 26.2 Å². The quantitative estimate of drug-likeness (QED) is 0.678. The molecule has 0 spiro atoms. The monoisotopic (exact) mass is 377 g/mol. The number of hydrogen-bond acceptors (Lipinski definition) is 4. The van der Waals surface area contributed by atoms with Gasteiger partial charge in [0.25, 0.3) is 0 Å². The van der Waals surface area contributed by atoms with Crippen molar-refractivity contribution in [2.45, 2.75) is 76.9 Å². The summed E-state index contributed by atoms with van der Waals surface area (Å²) in [5.74, 6) is -0.190. The first-order valence-corrected chi connectivity index (χ1v) is 10.1. The molecule has 0 aromatic carbocycles. The molecule has 8 nitrogen and oxygen atoms in total. The molecule has 3 rings (SSSR count).